The van der Waals surface area contributed by atoms with Crippen LogP contribution in [0.15, 0.2) is 29.2 Å². The first-order chi connectivity index (χ1) is 16.0. The number of ether oxygens (including phenoxy) is 2. The highest BCUT2D eigenvalue weighted by Gasteiger charge is 2.18. The Morgan fingerprint density at radius 2 is 1.70 bits per heavy atom. The van der Waals surface area contributed by atoms with Gasteiger partial charge in [-0.2, -0.15) is 0 Å². The smallest absolute Gasteiger partial charge is 0.339 e. The Bertz CT molecular complexity index is 796. The molecule has 1 saturated carbocycles. The van der Waals surface area contributed by atoms with Crippen LogP contribution in [0.4, 0.5) is 4.79 Å². The number of carbonyl (C=O) groups is 4. The number of amides is 4. The van der Waals surface area contributed by atoms with Gasteiger partial charge in [0.15, 0.2) is 6.61 Å². The number of carbonyl (C=O) groups excluding carboxylic acids is 4. The second-order valence-electron chi connectivity index (χ2n) is 7.77. The molecule has 9 nitrogen and oxygen atoms in total. The van der Waals surface area contributed by atoms with Crippen LogP contribution in [0.25, 0.3) is 0 Å². The lowest BCUT2D eigenvalue weighted by atomic mass is 9.97. The minimum atomic E-state index is -0.748. The van der Waals surface area contributed by atoms with Gasteiger partial charge in [-0.3, -0.25) is 14.9 Å². The van der Waals surface area contributed by atoms with E-state index in [4.69, 9.17) is 9.47 Å². The molecule has 1 aliphatic carbocycles. The molecular formula is C23H33N3O6S. The summed E-state index contributed by atoms with van der Waals surface area (Å²) < 4.78 is 9.84. The molecule has 3 N–H and O–H groups in total. The summed E-state index contributed by atoms with van der Waals surface area (Å²) in [4.78, 5) is 48.8. The molecule has 0 spiro atoms. The van der Waals surface area contributed by atoms with E-state index in [9.17, 15) is 19.2 Å². The molecule has 182 valence electrons. The Hall–Kier alpha value is -2.59. The molecule has 0 radical (unpaired) electrons. The van der Waals surface area contributed by atoms with E-state index in [-0.39, 0.29) is 29.8 Å². The van der Waals surface area contributed by atoms with Crippen molar-refractivity contribution < 1.29 is 28.7 Å². The van der Waals surface area contributed by atoms with Crippen molar-refractivity contribution in [3.63, 3.8) is 0 Å². The molecule has 1 aliphatic rings. The molecule has 0 saturated heterocycles. The van der Waals surface area contributed by atoms with E-state index in [1.54, 1.807) is 24.3 Å². The van der Waals surface area contributed by atoms with Crippen LogP contribution in [-0.4, -0.2) is 62.5 Å². The highest BCUT2D eigenvalue weighted by molar-refractivity contribution is 8.00. The minimum Gasteiger partial charge on any atom is -0.452 e. The molecule has 2 rings (SSSR count). The number of urea groups is 1. The topological polar surface area (TPSA) is 123 Å². The number of hydrogen-bond acceptors (Lipinski definition) is 7. The second-order valence-corrected chi connectivity index (χ2v) is 8.78. The van der Waals surface area contributed by atoms with Crippen LogP contribution in [0.5, 0.6) is 0 Å². The first-order valence-corrected chi connectivity index (χ1v) is 12.2. The average molecular weight is 480 g/mol. The molecular weight excluding hydrogens is 446 g/mol. The van der Waals surface area contributed by atoms with Gasteiger partial charge in [0.2, 0.25) is 5.91 Å². The zero-order valence-corrected chi connectivity index (χ0v) is 19.8. The molecule has 0 aromatic heterocycles. The number of rotatable bonds is 10. The van der Waals surface area contributed by atoms with Crippen LogP contribution < -0.4 is 16.0 Å². The maximum absolute atomic E-state index is 12.5. The standard InChI is InChI=1S/C23H33N3O6S/c1-31-14-13-24-23(30)26-20(27)15-32-22(29)18-11-7-8-12-19(18)33-16-21(28)25-17-9-5-3-2-4-6-10-17/h7-8,11-12,17H,2-6,9-10,13-16H2,1H3,(H,25,28)(H2,24,26,27,30). The van der Waals surface area contributed by atoms with Gasteiger partial charge in [0, 0.05) is 24.6 Å². The van der Waals surface area contributed by atoms with E-state index in [2.05, 4.69) is 16.0 Å². The van der Waals surface area contributed by atoms with Gasteiger partial charge in [0.1, 0.15) is 0 Å². The largest absolute Gasteiger partial charge is 0.452 e. The maximum Gasteiger partial charge on any atom is 0.339 e. The number of methoxy groups -OCH3 is 1. The van der Waals surface area contributed by atoms with Crippen molar-refractivity contribution in [2.75, 3.05) is 32.6 Å². The second kappa shape index (κ2) is 15.3. The van der Waals surface area contributed by atoms with Gasteiger partial charge in [-0.25, -0.2) is 9.59 Å². The van der Waals surface area contributed by atoms with Gasteiger partial charge in [0.05, 0.1) is 17.9 Å². The molecule has 1 aromatic rings. The zero-order chi connectivity index (χ0) is 23.9. The summed E-state index contributed by atoms with van der Waals surface area (Å²) in [6.45, 7) is -0.0459. The van der Waals surface area contributed by atoms with Gasteiger partial charge in [-0.05, 0) is 25.0 Å². The summed E-state index contributed by atoms with van der Waals surface area (Å²) >= 11 is 1.25. The van der Waals surface area contributed by atoms with E-state index in [1.165, 1.54) is 38.1 Å². The summed E-state index contributed by atoms with van der Waals surface area (Å²) in [6.07, 6.45) is 7.98. The summed E-state index contributed by atoms with van der Waals surface area (Å²) in [7, 11) is 1.49. The third kappa shape index (κ3) is 10.7. The molecule has 0 unspecified atom stereocenters. The number of imide groups is 1. The van der Waals surface area contributed by atoms with Crippen LogP contribution in [-0.2, 0) is 19.1 Å². The van der Waals surface area contributed by atoms with Crippen LogP contribution in [0.3, 0.4) is 0 Å². The lowest BCUT2D eigenvalue weighted by molar-refractivity contribution is -0.123. The third-order valence-electron chi connectivity index (χ3n) is 5.12. The van der Waals surface area contributed by atoms with Crippen molar-refractivity contribution in [1.82, 2.24) is 16.0 Å². The van der Waals surface area contributed by atoms with Crippen molar-refractivity contribution in [3.8, 4) is 0 Å². The summed E-state index contributed by atoms with van der Waals surface area (Å²) in [5.41, 5.74) is 0.263. The molecule has 1 aromatic carbocycles. The van der Waals surface area contributed by atoms with Crippen LogP contribution in [0.1, 0.15) is 55.3 Å². The predicted octanol–water partition coefficient (Wildman–Crippen LogP) is 2.64. The van der Waals surface area contributed by atoms with Crippen molar-refractivity contribution in [1.29, 1.82) is 0 Å². The highest BCUT2D eigenvalue weighted by Crippen LogP contribution is 2.24. The van der Waals surface area contributed by atoms with Gasteiger partial charge in [0.25, 0.3) is 5.91 Å². The number of nitrogens with one attached hydrogen (secondary N) is 3. The molecule has 4 amide bonds. The lowest BCUT2D eigenvalue weighted by Gasteiger charge is -2.21. The third-order valence-corrected chi connectivity index (χ3v) is 6.19. The van der Waals surface area contributed by atoms with Crippen molar-refractivity contribution in [2.45, 2.75) is 55.9 Å². The number of esters is 1. The van der Waals surface area contributed by atoms with E-state index in [0.717, 1.165) is 25.7 Å². The summed E-state index contributed by atoms with van der Waals surface area (Å²) in [5, 5.41) is 7.60. The van der Waals surface area contributed by atoms with Crippen LogP contribution in [0.2, 0.25) is 0 Å². The number of hydrogen-bond donors (Lipinski definition) is 3. The average Bonchev–Trinajstić information content (AvgIpc) is 2.78. The molecule has 0 heterocycles. The Morgan fingerprint density at radius 1 is 1.00 bits per heavy atom. The van der Waals surface area contributed by atoms with Crippen molar-refractivity contribution >= 4 is 35.6 Å². The normalized spacial score (nSPS) is 14.5. The SMILES string of the molecule is COCCNC(=O)NC(=O)COC(=O)c1ccccc1SCC(=O)NC1CCCCCCC1. The fourth-order valence-electron chi connectivity index (χ4n) is 3.46. The van der Waals surface area contributed by atoms with Crippen molar-refractivity contribution in [2.24, 2.45) is 0 Å². The first kappa shape index (κ1) is 26.7. The van der Waals surface area contributed by atoms with Gasteiger partial charge in [-0.15, -0.1) is 11.8 Å². The molecule has 0 atom stereocenters. The van der Waals surface area contributed by atoms with E-state index in [0.29, 0.717) is 11.5 Å². The first-order valence-electron chi connectivity index (χ1n) is 11.2. The van der Waals surface area contributed by atoms with Gasteiger partial charge >= 0.3 is 12.0 Å². The van der Waals surface area contributed by atoms with E-state index >= 15 is 0 Å². The fourth-order valence-corrected chi connectivity index (χ4v) is 4.31. The Kier molecular flexibility index (Phi) is 12.3. The predicted molar refractivity (Wildman–Crippen MR) is 125 cm³/mol. The number of thioether (sulfide) groups is 1. The minimum absolute atomic E-state index is 0.0624. The monoisotopic (exact) mass is 479 g/mol. The van der Waals surface area contributed by atoms with Gasteiger partial charge < -0.3 is 20.1 Å². The van der Waals surface area contributed by atoms with E-state index in [1.807, 2.05) is 0 Å². The van der Waals surface area contributed by atoms with Gasteiger partial charge in [-0.1, -0.05) is 44.2 Å². The molecule has 0 bridgehead atoms. The summed E-state index contributed by atoms with van der Waals surface area (Å²) in [6, 6.07) is 6.27. The zero-order valence-electron chi connectivity index (χ0n) is 19.0. The van der Waals surface area contributed by atoms with Crippen molar-refractivity contribution in [3.05, 3.63) is 29.8 Å². The summed E-state index contributed by atoms with van der Waals surface area (Å²) in [5.74, 6) is -1.33. The fraction of sp³-hybridized carbons (Fsp3) is 0.565. The van der Waals surface area contributed by atoms with E-state index < -0.39 is 24.5 Å². The quantitative estimate of drug-likeness (QED) is 0.268. The molecule has 10 heteroatoms. The molecule has 33 heavy (non-hydrogen) atoms. The molecule has 0 aliphatic heterocycles. The Balaban J connectivity index is 1.79. The lowest BCUT2D eigenvalue weighted by Crippen LogP contribution is -2.42. The maximum atomic E-state index is 12.5. The van der Waals surface area contributed by atoms with Crippen LogP contribution >= 0.6 is 11.8 Å². The highest BCUT2D eigenvalue weighted by atomic mass is 32.2. The Labute approximate surface area is 198 Å². The Morgan fingerprint density at radius 3 is 2.42 bits per heavy atom. The van der Waals surface area contributed by atoms with Crippen LogP contribution in [0, 0.1) is 0 Å². The molecule has 1 fully saturated rings. The number of benzene rings is 1.